The molecule has 2 aromatic carbocycles. The van der Waals surface area contributed by atoms with Gasteiger partial charge in [0.25, 0.3) is 5.91 Å². The van der Waals surface area contributed by atoms with Crippen molar-refractivity contribution in [1.29, 1.82) is 0 Å². The second-order valence-electron chi connectivity index (χ2n) is 9.92. The molecule has 2 amide bonds. The Morgan fingerprint density at radius 1 is 1.00 bits per heavy atom. The number of aromatic nitrogens is 2. The zero-order valence-electron chi connectivity index (χ0n) is 21.2. The summed E-state index contributed by atoms with van der Waals surface area (Å²) in [6.07, 6.45) is 1.43. The first-order chi connectivity index (χ1) is 16.2. The third kappa shape index (κ3) is 6.92. The number of aryl methyl sites for hydroxylation is 2. The minimum Gasteiger partial charge on any atom is -0.352 e. The molecule has 0 saturated carbocycles. The van der Waals surface area contributed by atoms with E-state index in [-0.39, 0.29) is 18.4 Å². The molecule has 6 heteroatoms. The SMILES string of the molecule is Cc1cccc(C(=O)NCCCc2nc3ccccc3n2CC(=O)N(CC(C)C)CC(C)C)c1. The van der Waals surface area contributed by atoms with Crippen LogP contribution in [0.25, 0.3) is 11.0 Å². The van der Waals surface area contributed by atoms with E-state index in [0.29, 0.717) is 30.4 Å². The number of carbonyl (C=O) groups is 2. The second-order valence-corrected chi connectivity index (χ2v) is 9.92. The van der Waals surface area contributed by atoms with Gasteiger partial charge in [0.2, 0.25) is 5.91 Å². The van der Waals surface area contributed by atoms with Crippen LogP contribution in [0.5, 0.6) is 0 Å². The second kappa shape index (κ2) is 11.8. The summed E-state index contributed by atoms with van der Waals surface area (Å²) in [6.45, 7) is 12.9. The van der Waals surface area contributed by atoms with Gasteiger partial charge in [0, 0.05) is 31.6 Å². The Balaban J connectivity index is 1.69. The molecule has 3 rings (SSSR count). The van der Waals surface area contributed by atoms with Crippen molar-refractivity contribution in [2.45, 2.75) is 54.0 Å². The Hall–Kier alpha value is -3.15. The fourth-order valence-corrected chi connectivity index (χ4v) is 4.22. The van der Waals surface area contributed by atoms with Gasteiger partial charge in [0.15, 0.2) is 0 Å². The van der Waals surface area contributed by atoms with E-state index in [2.05, 4.69) is 33.0 Å². The molecule has 0 aliphatic heterocycles. The molecular formula is C28H38N4O2. The molecule has 6 nitrogen and oxygen atoms in total. The van der Waals surface area contributed by atoms with Gasteiger partial charge in [-0.2, -0.15) is 0 Å². The molecule has 1 aromatic heterocycles. The first-order valence-corrected chi connectivity index (χ1v) is 12.3. The average Bonchev–Trinajstić information content (AvgIpc) is 3.12. The minimum atomic E-state index is -0.0645. The maximum atomic E-state index is 13.3. The van der Waals surface area contributed by atoms with Crippen LogP contribution in [0.1, 0.15) is 55.9 Å². The Kier molecular flexibility index (Phi) is 8.85. The summed E-state index contributed by atoms with van der Waals surface area (Å²) in [6, 6.07) is 15.5. The van der Waals surface area contributed by atoms with E-state index in [9.17, 15) is 9.59 Å². The van der Waals surface area contributed by atoms with Crippen molar-refractivity contribution in [3.8, 4) is 0 Å². The minimum absolute atomic E-state index is 0.0645. The van der Waals surface area contributed by atoms with E-state index in [1.54, 1.807) is 0 Å². The molecule has 0 saturated heterocycles. The number of benzene rings is 2. The lowest BCUT2D eigenvalue weighted by molar-refractivity contribution is -0.132. The van der Waals surface area contributed by atoms with Gasteiger partial charge in [-0.25, -0.2) is 4.98 Å². The number of hydrogen-bond donors (Lipinski definition) is 1. The molecule has 3 aromatic rings. The number of nitrogens with zero attached hydrogens (tertiary/aromatic N) is 3. The number of amides is 2. The molecule has 0 aliphatic rings. The van der Waals surface area contributed by atoms with Crippen LogP contribution < -0.4 is 5.32 Å². The molecule has 0 unspecified atom stereocenters. The van der Waals surface area contributed by atoms with Crippen LogP contribution in [0.2, 0.25) is 0 Å². The van der Waals surface area contributed by atoms with E-state index in [0.717, 1.165) is 41.9 Å². The molecule has 0 atom stereocenters. The van der Waals surface area contributed by atoms with Gasteiger partial charge in [0.1, 0.15) is 12.4 Å². The van der Waals surface area contributed by atoms with Gasteiger partial charge in [0.05, 0.1) is 11.0 Å². The summed E-state index contributed by atoms with van der Waals surface area (Å²) < 4.78 is 2.05. The predicted octanol–water partition coefficient (Wildman–Crippen LogP) is 4.85. The maximum absolute atomic E-state index is 13.3. The lowest BCUT2D eigenvalue weighted by Crippen LogP contribution is -2.39. The van der Waals surface area contributed by atoms with Gasteiger partial charge >= 0.3 is 0 Å². The molecule has 182 valence electrons. The number of para-hydroxylation sites is 2. The summed E-state index contributed by atoms with van der Waals surface area (Å²) >= 11 is 0. The zero-order chi connectivity index (χ0) is 24.7. The third-order valence-electron chi connectivity index (χ3n) is 5.69. The van der Waals surface area contributed by atoms with Crippen molar-refractivity contribution in [2.24, 2.45) is 11.8 Å². The van der Waals surface area contributed by atoms with Gasteiger partial charge in [-0.1, -0.05) is 57.5 Å². The summed E-state index contributed by atoms with van der Waals surface area (Å²) in [5.41, 5.74) is 3.61. The molecule has 1 N–H and O–H groups in total. The molecular weight excluding hydrogens is 424 g/mol. The number of nitrogens with one attached hydrogen (secondary N) is 1. The normalized spacial score (nSPS) is 11.4. The van der Waals surface area contributed by atoms with Gasteiger partial charge in [-0.05, 0) is 49.4 Å². The Morgan fingerprint density at radius 2 is 1.71 bits per heavy atom. The van der Waals surface area contributed by atoms with Gasteiger partial charge < -0.3 is 14.8 Å². The zero-order valence-corrected chi connectivity index (χ0v) is 21.2. The first-order valence-electron chi connectivity index (χ1n) is 12.3. The fourth-order valence-electron chi connectivity index (χ4n) is 4.22. The van der Waals surface area contributed by atoms with Crippen LogP contribution in [-0.4, -0.2) is 45.9 Å². The lowest BCUT2D eigenvalue weighted by Gasteiger charge is -2.27. The quantitative estimate of drug-likeness (QED) is 0.414. The van der Waals surface area contributed by atoms with Crippen LogP contribution in [0.3, 0.4) is 0 Å². The van der Waals surface area contributed by atoms with Crippen molar-refractivity contribution < 1.29 is 9.59 Å². The van der Waals surface area contributed by atoms with E-state index in [1.165, 1.54) is 0 Å². The third-order valence-corrected chi connectivity index (χ3v) is 5.69. The van der Waals surface area contributed by atoms with Crippen molar-refractivity contribution in [3.63, 3.8) is 0 Å². The summed E-state index contributed by atoms with van der Waals surface area (Å²) in [5, 5.41) is 3.00. The molecule has 0 aliphatic carbocycles. The van der Waals surface area contributed by atoms with Crippen LogP contribution >= 0.6 is 0 Å². The molecule has 0 radical (unpaired) electrons. The molecule has 0 bridgehead atoms. The van der Waals surface area contributed by atoms with Crippen LogP contribution in [0, 0.1) is 18.8 Å². The molecule has 0 fully saturated rings. The highest BCUT2D eigenvalue weighted by molar-refractivity contribution is 5.94. The van der Waals surface area contributed by atoms with E-state index >= 15 is 0 Å². The van der Waals surface area contributed by atoms with Crippen LogP contribution in [0.15, 0.2) is 48.5 Å². The Morgan fingerprint density at radius 3 is 2.38 bits per heavy atom. The number of rotatable bonds is 11. The number of carbonyl (C=O) groups excluding carboxylic acids is 2. The van der Waals surface area contributed by atoms with Crippen molar-refractivity contribution in [2.75, 3.05) is 19.6 Å². The van der Waals surface area contributed by atoms with Crippen molar-refractivity contribution in [3.05, 3.63) is 65.5 Å². The molecule has 1 heterocycles. The lowest BCUT2D eigenvalue weighted by atomic mass is 10.1. The highest BCUT2D eigenvalue weighted by Gasteiger charge is 2.20. The van der Waals surface area contributed by atoms with Crippen LogP contribution in [-0.2, 0) is 17.8 Å². The standard InChI is InChI=1S/C28H38N4O2/c1-20(2)17-31(18-21(3)4)27(33)19-32-25-13-7-6-12-24(25)30-26(32)14-9-15-29-28(34)23-11-8-10-22(5)16-23/h6-8,10-13,16,20-21H,9,14-15,17-19H2,1-5H3,(H,29,34). The highest BCUT2D eigenvalue weighted by atomic mass is 16.2. The summed E-state index contributed by atoms with van der Waals surface area (Å²) in [4.78, 5) is 32.5. The first kappa shape index (κ1) is 25.5. The van der Waals surface area contributed by atoms with E-state index in [4.69, 9.17) is 4.98 Å². The largest absolute Gasteiger partial charge is 0.352 e. The van der Waals surface area contributed by atoms with Crippen molar-refractivity contribution in [1.82, 2.24) is 19.8 Å². The Labute approximate surface area is 203 Å². The summed E-state index contributed by atoms with van der Waals surface area (Å²) in [5.74, 6) is 1.77. The average molecular weight is 463 g/mol. The van der Waals surface area contributed by atoms with Gasteiger partial charge in [-0.3, -0.25) is 9.59 Å². The molecule has 34 heavy (non-hydrogen) atoms. The number of fused-ring (bicyclic) bond motifs is 1. The van der Waals surface area contributed by atoms with Crippen molar-refractivity contribution >= 4 is 22.8 Å². The predicted molar refractivity (Wildman–Crippen MR) is 138 cm³/mol. The summed E-state index contributed by atoms with van der Waals surface area (Å²) in [7, 11) is 0. The number of hydrogen-bond acceptors (Lipinski definition) is 3. The monoisotopic (exact) mass is 462 g/mol. The van der Waals surface area contributed by atoms with Crippen LogP contribution in [0.4, 0.5) is 0 Å². The fraction of sp³-hybridized carbons (Fsp3) is 0.464. The Bertz CT molecular complexity index is 1110. The highest BCUT2D eigenvalue weighted by Crippen LogP contribution is 2.18. The maximum Gasteiger partial charge on any atom is 0.251 e. The van der Waals surface area contributed by atoms with E-state index < -0.39 is 0 Å². The smallest absolute Gasteiger partial charge is 0.251 e. The topological polar surface area (TPSA) is 67.2 Å². The van der Waals surface area contributed by atoms with Gasteiger partial charge in [-0.15, -0.1) is 0 Å². The molecule has 0 spiro atoms. The number of imidazole rings is 1. The van der Waals surface area contributed by atoms with E-state index in [1.807, 2.05) is 64.9 Å².